The third-order valence-electron chi connectivity index (χ3n) is 1.88. The van der Waals surface area contributed by atoms with E-state index in [2.05, 4.69) is 0 Å². The molecule has 0 aliphatic rings. The molecule has 86 valence electrons. The Morgan fingerprint density at radius 3 is 1.50 bits per heavy atom. The normalized spacial score (nSPS) is 13.2. The van der Waals surface area contributed by atoms with Gasteiger partial charge in [-0.3, -0.25) is 4.57 Å². The van der Waals surface area contributed by atoms with Crippen LogP contribution in [0.2, 0.25) is 0 Å². The summed E-state index contributed by atoms with van der Waals surface area (Å²) >= 11 is 0. The average molecular weight is 244 g/mol. The minimum Gasteiger partial charge on any atom is -0.376 e. The lowest BCUT2D eigenvalue weighted by atomic mass is 11.8. The van der Waals surface area contributed by atoms with Gasteiger partial charge in [0.1, 0.15) is 5.79 Å². The molecule has 0 aliphatic carbocycles. The second-order valence-electron chi connectivity index (χ2n) is 2.43. The SMILES string of the molecule is CO[Si](CP(=O)(OC)OC)(OC)OC. The Bertz CT molecular complexity index is 190. The molecule has 0 saturated carbocycles. The van der Waals surface area contributed by atoms with Crippen molar-refractivity contribution >= 4 is 16.4 Å². The molecular formula is C6H17O6PSi. The van der Waals surface area contributed by atoms with Crippen LogP contribution in [-0.2, 0) is 26.9 Å². The minimum absolute atomic E-state index is 0.00347. The zero-order valence-electron chi connectivity index (χ0n) is 9.10. The quantitative estimate of drug-likeness (QED) is 0.489. The lowest BCUT2D eigenvalue weighted by Crippen LogP contribution is -2.47. The van der Waals surface area contributed by atoms with E-state index in [-0.39, 0.29) is 5.79 Å². The van der Waals surface area contributed by atoms with Crippen molar-refractivity contribution < 1.29 is 26.9 Å². The van der Waals surface area contributed by atoms with Gasteiger partial charge in [0, 0.05) is 35.5 Å². The van der Waals surface area contributed by atoms with Gasteiger partial charge in [-0.05, 0) is 0 Å². The molecule has 0 aliphatic heterocycles. The van der Waals surface area contributed by atoms with Crippen molar-refractivity contribution in [3.63, 3.8) is 0 Å². The van der Waals surface area contributed by atoms with E-state index in [1.165, 1.54) is 35.5 Å². The van der Waals surface area contributed by atoms with Gasteiger partial charge in [-0.15, -0.1) is 0 Å². The van der Waals surface area contributed by atoms with Gasteiger partial charge >= 0.3 is 16.4 Å². The third kappa shape index (κ3) is 3.43. The summed E-state index contributed by atoms with van der Waals surface area (Å²) < 4.78 is 36.6. The van der Waals surface area contributed by atoms with E-state index < -0.39 is 16.4 Å². The standard InChI is InChI=1S/C6H17O6PSi/c1-8-13(7,9-2)6-14(10-3,11-4)12-5/h6H2,1-5H3. The van der Waals surface area contributed by atoms with Gasteiger partial charge in [-0.25, -0.2) is 0 Å². The number of rotatable bonds is 7. The summed E-state index contributed by atoms with van der Waals surface area (Å²) in [5.41, 5.74) is 0. The van der Waals surface area contributed by atoms with Crippen molar-refractivity contribution in [2.75, 3.05) is 41.3 Å². The van der Waals surface area contributed by atoms with Crippen molar-refractivity contribution in [3.8, 4) is 0 Å². The van der Waals surface area contributed by atoms with Crippen LogP contribution in [0, 0.1) is 0 Å². The van der Waals surface area contributed by atoms with Crippen LogP contribution in [0.3, 0.4) is 0 Å². The summed E-state index contributed by atoms with van der Waals surface area (Å²) in [6.45, 7) is 0. The second kappa shape index (κ2) is 5.97. The topological polar surface area (TPSA) is 63.2 Å². The molecule has 0 spiro atoms. The summed E-state index contributed by atoms with van der Waals surface area (Å²) in [7, 11) is 0.865. The van der Waals surface area contributed by atoms with Crippen LogP contribution in [0.1, 0.15) is 0 Å². The first-order valence-electron chi connectivity index (χ1n) is 3.87. The maximum atomic E-state index is 11.8. The molecule has 8 heteroatoms. The largest absolute Gasteiger partial charge is 0.512 e. The number of hydrogen-bond donors (Lipinski definition) is 0. The second-order valence-corrected chi connectivity index (χ2v) is 8.24. The first-order chi connectivity index (χ1) is 6.51. The van der Waals surface area contributed by atoms with E-state index in [1.54, 1.807) is 0 Å². The fourth-order valence-electron chi connectivity index (χ4n) is 0.884. The number of hydrogen-bond acceptors (Lipinski definition) is 6. The fraction of sp³-hybridized carbons (Fsp3) is 1.00. The molecule has 0 aromatic heterocycles. The molecule has 6 nitrogen and oxygen atoms in total. The molecule has 0 saturated heterocycles. The van der Waals surface area contributed by atoms with E-state index in [1.807, 2.05) is 0 Å². The van der Waals surface area contributed by atoms with Crippen molar-refractivity contribution in [2.45, 2.75) is 0 Å². The van der Waals surface area contributed by atoms with Gasteiger partial charge < -0.3 is 22.3 Å². The lowest BCUT2D eigenvalue weighted by molar-refractivity contribution is 0.127. The van der Waals surface area contributed by atoms with Gasteiger partial charge in [0.05, 0.1) is 0 Å². The van der Waals surface area contributed by atoms with Crippen LogP contribution >= 0.6 is 7.60 Å². The smallest absolute Gasteiger partial charge is 0.376 e. The molecule has 0 fully saturated rings. The van der Waals surface area contributed by atoms with Gasteiger partial charge in [-0.1, -0.05) is 0 Å². The van der Waals surface area contributed by atoms with Crippen molar-refractivity contribution in [1.82, 2.24) is 0 Å². The Labute approximate surface area is 85.3 Å². The molecule has 0 bridgehead atoms. The van der Waals surface area contributed by atoms with Gasteiger partial charge in [0.2, 0.25) is 0 Å². The highest BCUT2D eigenvalue weighted by molar-refractivity contribution is 7.56. The van der Waals surface area contributed by atoms with E-state index >= 15 is 0 Å². The highest BCUT2D eigenvalue weighted by atomic mass is 31.2. The summed E-state index contributed by atoms with van der Waals surface area (Å²) in [6, 6.07) is 0. The predicted octanol–water partition coefficient (Wildman–Crippen LogP) is 0.890. The van der Waals surface area contributed by atoms with Crippen molar-refractivity contribution in [1.29, 1.82) is 0 Å². The summed E-state index contributed by atoms with van der Waals surface area (Å²) in [6.07, 6.45) is 0. The van der Waals surface area contributed by atoms with Crippen LogP contribution in [0.15, 0.2) is 0 Å². The monoisotopic (exact) mass is 244 g/mol. The first kappa shape index (κ1) is 14.2. The van der Waals surface area contributed by atoms with Gasteiger partial charge in [0.15, 0.2) is 0 Å². The van der Waals surface area contributed by atoms with Crippen LogP contribution < -0.4 is 0 Å². The summed E-state index contributed by atoms with van der Waals surface area (Å²) in [4.78, 5) is 0. The van der Waals surface area contributed by atoms with Gasteiger partial charge in [0.25, 0.3) is 0 Å². The summed E-state index contributed by atoms with van der Waals surface area (Å²) in [5, 5.41) is 0. The molecule has 0 unspecified atom stereocenters. The van der Waals surface area contributed by atoms with Crippen LogP contribution in [0.5, 0.6) is 0 Å². The zero-order chi connectivity index (χ0) is 11.2. The fourth-order valence-corrected chi connectivity index (χ4v) is 6.01. The Kier molecular flexibility index (Phi) is 6.07. The Morgan fingerprint density at radius 1 is 0.929 bits per heavy atom. The molecule has 0 N–H and O–H groups in total. The lowest BCUT2D eigenvalue weighted by Gasteiger charge is -2.26. The average Bonchev–Trinajstić information content (AvgIpc) is 2.26. The molecule has 0 radical (unpaired) electrons. The predicted molar refractivity (Wildman–Crippen MR) is 53.3 cm³/mol. The summed E-state index contributed by atoms with van der Waals surface area (Å²) in [5.74, 6) is -0.00347. The molecular weight excluding hydrogens is 227 g/mol. The Hall–Kier alpha value is 0.247. The third-order valence-corrected chi connectivity index (χ3v) is 7.95. The highest BCUT2D eigenvalue weighted by Crippen LogP contribution is 2.48. The van der Waals surface area contributed by atoms with Crippen molar-refractivity contribution in [3.05, 3.63) is 0 Å². The molecule has 0 rings (SSSR count). The molecule has 0 atom stereocenters. The molecule has 0 aromatic rings. The molecule has 0 heterocycles. The first-order valence-corrected chi connectivity index (χ1v) is 7.53. The van der Waals surface area contributed by atoms with Gasteiger partial charge in [-0.2, -0.15) is 0 Å². The maximum absolute atomic E-state index is 11.8. The highest BCUT2D eigenvalue weighted by Gasteiger charge is 2.46. The maximum Gasteiger partial charge on any atom is 0.512 e. The molecule has 0 amide bonds. The van der Waals surface area contributed by atoms with Crippen LogP contribution in [0.25, 0.3) is 0 Å². The van der Waals surface area contributed by atoms with E-state index in [0.717, 1.165) is 0 Å². The van der Waals surface area contributed by atoms with E-state index in [9.17, 15) is 4.57 Å². The van der Waals surface area contributed by atoms with Crippen LogP contribution in [-0.4, -0.2) is 50.1 Å². The van der Waals surface area contributed by atoms with E-state index in [0.29, 0.717) is 0 Å². The zero-order valence-corrected chi connectivity index (χ0v) is 11.0. The van der Waals surface area contributed by atoms with E-state index in [4.69, 9.17) is 22.3 Å². The Balaban J connectivity index is 4.65. The minimum atomic E-state index is -3.17. The Morgan fingerprint density at radius 2 is 1.29 bits per heavy atom. The van der Waals surface area contributed by atoms with Crippen molar-refractivity contribution in [2.24, 2.45) is 0 Å². The molecule has 14 heavy (non-hydrogen) atoms. The van der Waals surface area contributed by atoms with Crippen LogP contribution in [0.4, 0.5) is 0 Å². The molecule has 0 aromatic carbocycles.